The van der Waals surface area contributed by atoms with Crippen LogP contribution in [0.3, 0.4) is 0 Å². The van der Waals surface area contributed by atoms with Crippen molar-refractivity contribution < 1.29 is 19.5 Å². The predicted octanol–water partition coefficient (Wildman–Crippen LogP) is 3.12. The topological polar surface area (TPSA) is 97.5 Å². The molecular weight excluding hydrogens is 258 g/mol. The third kappa shape index (κ3) is 544. The van der Waals surface area contributed by atoms with E-state index in [1.807, 2.05) is 20.6 Å². The maximum absolute atomic E-state index is 8.81. The number of rotatable bonds is 4. The Morgan fingerprint density at radius 3 is 1.25 bits per heavy atom. The van der Waals surface area contributed by atoms with Crippen LogP contribution in [0.2, 0.25) is 0 Å². The van der Waals surface area contributed by atoms with E-state index >= 15 is 0 Å². The quantitative estimate of drug-likeness (QED) is 0.615. The van der Waals surface area contributed by atoms with E-state index in [2.05, 4.69) is 26.5 Å². The molecule has 0 aromatic heterocycles. The summed E-state index contributed by atoms with van der Waals surface area (Å²) in [5.41, 5.74) is 4.17. The number of aliphatic hydroxyl groups excluding tert-OH is 1. The number of primary amides is 1. The molecule has 3 N–H and O–H groups in total. The van der Waals surface area contributed by atoms with E-state index < -0.39 is 0 Å². The van der Waals surface area contributed by atoms with E-state index in [0.29, 0.717) is 6.61 Å². The molecule has 0 radical (unpaired) electrons. The van der Waals surface area contributed by atoms with Gasteiger partial charge in [0.05, 0.1) is 0 Å². The highest BCUT2D eigenvalue weighted by Gasteiger charge is 1.76. The zero-order valence-electron chi connectivity index (χ0n) is 14.4. The maximum atomic E-state index is 8.81. The maximum Gasteiger partial charge on any atom is 0.204 e. The molecule has 0 aromatic rings. The Morgan fingerprint density at radius 2 is 1.20 bits per heavy atom. The van der Waals surface area contributed by atoms with Crippen LogP contribution in [0.25, 0.3) is 0 Å². The lowest BCUT2D eigenvalue weighted by atomic mass is 10.3. The molecule has 1 amide bonds. The van der Waals surface area contributed by atoms with Gasteiger partial charge in [-0.25, -0.2) is 0 Å². The summed E-state index contributed by atoms with van der Waals surface area (Å²) < 4.78 is 0. The lowest BCUT2D eigenvalue weighted by Gasteiger charge is -1.85. The third-order valence-corrected chi connectivity index (χ3v) is 1.26. The van der Waals surface area contributed by atoms with Gasteiger partial charge in [0.15, 0.2) is 0 Å². The Morgan fingerprint density at radius 1 is 0.950 bits per heavy atom. The van der Waals surface area contributed by atoms with Gasteiger partial charge in [0, 0.05) is 6.61 Å². The smallest absolute Gasteiger partial charge is 0.204 e. The lowest BCUT2D eigenvalue weighted by molar-refractivity contribution is -0.107. The van der Waals surface area contributed by atoms with Crippen molar-refractivity contribution in [2.24, 2.45) is 5.73 Å². The van der Waals surface area contributed by atoms with Crippen LogP contribution >= 0.6 is 0 Å². The number of amides is 1. The predicted molar refractivity (Wildman–Crippen MR) is 87.7 cm³/mol. The zero-order chi connectivity index (χ0) is 17.7. The minimum Gasteiger partial charge on any atom is -0.396 e. The number of carbonyl (C=O) groups is 3. The number of unbranched alkanes of at least 4 members (excludes halogenated alkanes) is 3. The molecule has 0 atom stereocenters. The summed E-state index contributed by atoms with van der Waals surface area (Å²) in [6.07, 6.45) is 6.97. The fourth-order valence-corrected chi connectivity index (χ4v) is 0.362. The number of nitrogens with two attached hydrogens (primary N) is 1. The van der Waals surface area contributed by atoms with Gasteiger partial charge >= 0.3 is 0 Å². The molecule has 0 rings (SSSR count). The summed E-state index contributed by atoms with van der Waals surface area (Å²) in [5.74, 6) is 0. The average Bonchev–Trinajstić information content (AvgIpc) is 2.51. The normalized spacial score (nSPS) is 5.95. The Kier molecular flexibility index (Phi) is 198. The Balaban J connectivity index is -0.0000000312. The van der Waals surface area contributed by atoms with Gasteiger partial charge in [-0.3, -0.25) is 4.79 Å². The summed E-state index contributed by atoms with van der Waals surface area (Å²) in [6.45, 7) is 14.3. The van der Waals surface area contributed by atoms with Crippen LogP contribution in [0.5, 0.6) is 0 Å². The Bertz CT molecular complexity index is 100. The largest absolute Gasteiger partial charge is 0.396 e. The van der Waals surface area contributed by atoms with Crippen LogP contribution < -0.4 is 5.73 Å². The highest BCUT2D eigenvalue weighted by atomic mass is 16.2. The summed E-state index contributed by atoms with van der Waals surface area (Å²) in [4.78, 5) is 25.4. The van der Waals surface area contributed by atoms with Crippen LogP contribution in [-0.2, 0) is 14.4 Å². The van der Waals surface area contributed by atoms with E-state index in [0.717, 1.165) is 19.1 Å². The molecule has 0 aliphatic carbocycles. The third-order valence-electron chi connectivity index (χ3n) is 1.26. The Hall–Kier alpha value is -1.23. The van der Waals surface area contributed by atoms with E-state index in [4.69, 9.17) is 19.5 Å². The average molecular weight is 295 g/mol. The van der Waals surface area contributed by atoms with Crippen LogP contribution in [0.1, 0.15) is 73.6 Å². The molecule has 5 nitrogen and oxygen atoms in total. The van der Waals surface area contributed by atoms with Crippen molar-refractivity contribution in [3.63, 3.8) is 0 Å². The van der Waals surface area contributed by atoms with E-state index in [9.17, 15) is 0 Å². The minimum absolute atomic E-state index is 0.250. The van der Waals surface area contributed by atoms with Crippen LogP contribution in [0.4, 0.5) is 0 Å². The second kappa shape index (κ2) is 109. The number of carbonyl (C=O) groups excluding carboxylic acids is 3. The molecule has 126 valence electrons. The van der Waals surface area contributed by atoms with Crippen molar-refractivity contribution in [3.05, 3.63) is 0 Å². The summed E-state index contributed by atoms with van der Waals surface area (Å²) in [6, 6.07) is 0. The molecule has 0 spiro atoms. The second-order valence-electron chi connectivity index (χ2n) is 2.80. The monoisotopic (exact) mass is 295 g/mol. The molecular formula is C15H37NO4. The van der Waals surface area contributed by atoms with Gasteiger partial charge in [-0.1, -0.05) is 60.3 Å². The number of aldehydes is 1. The van der Waals surface area contributed by atoms with Gasteiger partial charge in [0.2, 0.25) is 6.41 Å². The van der Waals surface area contributed by atoms with Crippen molar-refractivity contribution >= 4 is 19.5 Å². The van der Waals surface area contributed by atoms with Crippen molar-refractivity contribution in [1.82, 2.24) is 0 Å². The Labute approximate surface area is 125 Å². The summed E-state index contributed by atoms with van der Waals surface area (Å²) >= 11 is 0. The molecule has 0 unspecified atom stereocenters. The molecule has 0 aliphatic heterocycles. The first kappa shape index (κ1) is 36.3. The second-order valence-corrected chi connectivity index (χ2v) is 2.80. The van der Waals surface area contributed by atoms with Gasteiger partial charge in [-0.15, -0.1) is 0 Å². The number of hydrogen-bond donors (Lipinski definition) is 2. The first-order valence-electron chi connectivity index (χ1n) is 7.11. The highest BCUT2D eigenvalue weighted by Crippen LogP contribution is 1.89. The first-order valence-corrected chi connectivity index (χ1v) is 7.11. The van der Waals surface area contributed by atoms with Crippen molar-refractivity contribution in [3.8, 4) is 0 Å². The first-order chi connectivity index (χ1) is 9.66. The van der Waals surface area contributed by atoms with Gasteiger partial charge in [0.25, 0.3) is 0 Å². The van der Waals surface area contributed by atoms with Crippen LogP contribution in [-0.4, -0.2) is 31.2 Å². The molecule has 0 saturated heterocycles. The molecule has 0 heterocycles. The number of hydrogen-bond acceptors (Lipinski definition) is 4. The standard InChI is InChI=1S/C5H12O.C4H10.C2H4O.C2H6.CH3NO.CH2O/c1-2-3-4-5-6;1-3-4-2;1-2-3;1-2;2-1-3;1-2/h6H,2-5H2,1H3;3-4H2,1-2H3;2H,1H3;1-2H3;1H,(H2,2,3);1H2. The molecule has 0 aliphatic rings. The van der Waals surface area contributed by atoms with E-state index in [1.165, 1.54) is 26.2 Å². The van der Waals surface area contributed by atoms with Crippen LogP contribution in [0, 0.1) is 0 Å². The zero-order valence-corrected chi connectivity index (χ0v) is 14.4. The van der Waals surface area contributed by atoms with Gasteiger partial charge in [-0.2, -0.15) is 0 Å². The molecule has 5 heteroatoms. The number of aliphatic hydroxyl groups is 1. The molecule has 20 heavy (non-hydrogen) atoms. The fraction of sp³-hybridized carbons (Fsp3) is 0.800. The molecule has 0 saturated carbocycles. The molecule has 0 aromatic carbocycles. The fourth-order valence-electron chi connectivity index (χ4n) is 0.362. The van der Waals surface area contributed by atoms with Crippen molar-refractivity contribution in [1.29, 1.82) is 0 Å². The minimum atomic E-state index is 0.250. The molecule has 0 fully saturated rings. The lowest BCUT2D eigenvalue weighted by Crippen LogP contribution is -1.82. The van der Waals surface area contributed by atoms with E-state index in [1.54, 1.807) is 0 Å². The van der Waals surface area contributed by atoms with Crippen LogP contribution in [0.15, 0.2) is 0 Å². The van der Waals surface area contributed by atoms with Gasteiger partial charge in [-0.05, 0) is 13.3 Å². The van der Waals surface area contributed by atoms with Crippen molar-refractivity contribution in [2.75, 3.05) is 6.61 Å². The van der Waals surface area contributed by atoms with Crippen molar-refractivity contribution in [2.45, 2.75) is 73.6 Å². The summed E-state index contributed by atoms with van der Waals surface area (Å²) in [7, 11) is 0. The van der Waals surface area contributed by atoms with E-state index in [-0.39, 0.29) is 6.41 Å². The highest BCUT2D eigenvalue weighted by molar-refractivity contribution is 5.44. The SMILES string of the molecule is C=O.CC.CC=O.CCCC.CCCCCO.NC=O. The van der Waals surface area contributed by atoms with Gasteiger partial charge < -0.3 is 20.4 Å². The molecule has 0 bridgehead atoms. The van der Waals surface area contributed by atoms with Gasteiger partial charge in [0.1, 0.15) is 13.1 Å². The summed E-state index contributed by atoms with van der Waals surface area (Å²) in [5, 5.41) is 8.20.